The van der Waals surface area contributed by atoms with Crippen LogP contribution in [-0.4, -0.2) is 5.92 Å². The van der Waals surface area contributed by atoms with E-state index in [0.29, 0.717) is 5.92 Å². The molecule has 0 unspecified atom stereocenters. The van der Waals surface area contributed by atoms with Crippen molar-refractivity contribution in [3.8, 4) is 0 Å². The fraction of sp³-hybridized carbons (Fsp3) is 0.769. The molecule has 0 atom stereocenters. The summed E-state index contributed by atoms with van der Waals surface area (Å²) in [5.74, 6) is -5.20. The zero-order chi connectivity index (χ0) is 21.8. The Labute approximate surface area is 179 Å². The topological polar surface area (TPSA) is 0 Å². The molecule has 2 aliphatic carbocycles. The molecule has 0 bridgehead atoms. The van der Waals surface area contributed by atoms with E-state index in [-0.39, 0.29) is 6.92 Å². The number of hydrogen-bond donors (Lipinski definition) is 0. The first-order valence-corrected chi connectivity index (χ1v) is 12.1. The third kappa shape index (κ3) is 5.59. The third-order valence-corrected chi connectivity index (χ3v) is 7.84. The van der Waals surface area contributed by atoms with Crippen LogP contribution in [0.3, 0.4) is 0 Å². The second-order valence-corrected chi connectivity index (χ2v) is 9.97. The number of hydrogen-bond acceptors (Lipinski definition) is 0. The molecule has 4 heteroatoms. The Morgan fingerprint density at radius 2 is 1.30 bits per heavy atom. The number of halogens is 4. The van der Waals surface area contributed by atoms with E-state index in [4.69, 9.17) is 0 Å². The van der Waals surface area contributed by atoms with Crippen molar-refractivity contribution in [2.75, 3.05) is 0 Å². The van der Waals surface area contributed by atoms with Gasteiger partial charge in [0.15, 0.2) is 0 Å². The van der Waals surface area contributed by atoms with Gasteiger partial charge in [-0.05, 0) is 67.8 Å². The van der Waals surface area contributed by atoms with Gasteiger partial charge < -0.3 is 0 Å². The lowest BCUT2D eigenvalue weighted by atomic mass is 9.68. The lowest BCUT2D eigenvalue weighted by Gasteiger charge is -2.38. The molecule has 0 aromatic heterocycles. The molecule has 0 nitrogen and oxygen atoms in total. The Kier molecular flexibility index (Phi) is 7.90. The molecule has 0 saturated heterocycles. The molecular formula is C26H38F4. The van der Waals surface area contributed by atoms with Crippen molar-refractivity contribution in [1.82, 2.24) is 0 Å². The lowest BCUT2D eigenvalue weighted by molar-refractivity contribution is -0.204. The zero-order valence-corrected chi connectivity index (χ0v) is 18.6. The molecule has 0 aliphatic heterocycles. The largest absolute Gasteiger partial charge is 0.335 e. The Balaban J connectivity index is 1.47. The second-order valence-electron chi connectivity index (χ2n) is 9.97. The van der Waals surface area contributed by atoms with E-state index in [1.165, 1.54) is 76.3 Å². The molecule has 1 aromatic rings. The summed E-state index contributed by atoms with van der Waals surface area (Å²) in [5.41, 5.74) is 0.426. The Hall–Kier alpha value is -1.06. The van der Waals surface area contributed by atoms with Crippen LogP contribution in [0.2, 0.25) is 0 Å². The van der Waals surface area contributed by atoms with Crippen LogP contribution in [0.15, 0.2) is 24.3 Å². The van der Waals surface area contributed by atoms with Crippen LogP contribution in [-0.2, 0) is 5.92 Å². The molecule has 170 valence electrons. The predicted molar refractivity (Wildman–Crippen MR) is 115 cm³/mol. The lowest BCUT2D eigenvalue weighted by Crippen LogP contribution is -2.34. The van der Waals surface area contributed by atoms with Crippen molar-refractivity contribution in [3.05, 3.63) is 35.4 Å². The van der Waals surface area contributed by atoms with E-state index < -0.39 is 17.4 Å². The summed E-state index contributed by atoms with van der Waals surface area (Å²) < 4.78 is 54.1. The molecule has 3 rings (SSSR count). The van der Waals surface area contributed by atoms with Gasteiger partial charge in [0.25, 0.3) is 0 Å². The molecule has 30 heavy (non-hydrogen) atoms. The van der Waals surface area contributed by atoms with Crippen LogP contribution in [0.4, 0.5) is 17.6 Å². The number of unbranched alkanes of at least 4 members (excludes halogenated alkanes) is 2. The number of alkyl halides is 4. The molecule has 1 aromatic carbocycles. The van der Waals surface area contributed by atoms with Crippen molar-refractivity contribution >= 4 is 0 Å². The average molecular weight is 427 g/mol. The first kappa shape index (κ1) is 23.6. The number of rotatable bonds is 8. The molecule has 2 saturated carbocycles. The molecule has 2 fully saturated rings. The monoisotopic (exact) mass is 426 g/mol. The molecule has 0 amide bonds. The smallest absolute Gasteiger partial charge is 0.200 e. The van der Waals surface area contributed by atoms with E-state index in [1.807, 2.05) is 0 Å². The Bertz CT molecular complexity index is 630. The SMILES string of the molecule is CCCCC[C@H]1CC[C@H](C2CCC(c3ccc(C(F)(F)C(C)(F)F)cc3)CC2)CC1. The van der Waals surface area contributed by atoms with Gasteiger partial charge in [-0.3, -0.25) is 0 Å². The summed E-state index contributed by atoms with van der Waals surface area (Å²) in [5, 5.41) is 0. The van der Waals surface area contributed by atoms with Crippen LogP contribution >= 0.6 is 0 Å². The quantitative estimate of drug-likeness (QED) is 0.287. The summed E-state index contributed by atoms with van der Waals surface area (Å²) in [6.07, 6.45) is 15.6. The Morgan fingerprint density at radius 3 is 1.80 bits per heavy atom. The third-order valence-electron chi connectivity index (χ3n) is 7.84. The highest BCUT2D eigenvalue weighted by Crippen LogP contribution is 2.46. The molecule has 0 radical (unpaired) electrons. The average Bonchev–Trinajstić information content (AvgIpc) is 2.74. The molecular weight excluding hydrogens is 388 g/mol. The van der Waals surface area contributed by atoms with E-state index in [9.17, 15) is 17.6 Å². The van der Waals surface area contributed by atoms with Crippen LogP contribution < -0.4 is 0 Å². The van der Waals surface area contributed by atoms with Crippen LogP contribution in [0.5, 0.6) is 0 Å². The Morgan fingerprint density at radius 1 is 0.767 bits per heavy atom. The minimum Gasteiger partial charge on any atom is -0.200 e. The maximum atomic E-state index is 13.9. The molecule has 2 aliphatic rings. The fourth-order valence-corrected chi connectivity index (χ4v) is 5.77. The summed E-state index contributed by atoms with van der Waals surface area (Å²) in [7, 11) is 0. The normalized spacial score (nSPS) is 28.5. The maximum absolute atomic E-state index is 13.9. The summed E-state index contributed by atoms with van der Waals surface area (Å²) >= 11 is 0. The van der Waals surface area contributed by atoms with Gasteiger partial charge in [-0.1, -0.05) is 69.7 Å². The first-order valence-electron chi connectivity index (χ1n) is 12.1. The minimum absolute atomic E-state index is 0.279. The van der Waals surface area contributed by atoms with Gasteiger partial charge in [0, 0.05) is 12.5 Å². The minimum atomic E-state index is -4.13. The standard InChI is InChI=1S/C26H38F4/c1-3-4-5-6-19-7-9-20(10-8-19)21-11-13-22(14-12-21)23-15-17-24(18-16-23)26(29,30)25(2,27)28/h15-22H,3-14H2,1-2H3/t19-,20-,21?,22?. The van der Waals surface area contributed by atoms with Gasteiger partial charge in [0.1, 0.15) is 0 Å². The van der Waals surface area contributed by atoms with E-state index in [1.54, 1.807) is 12.1 Å². The van der Waals surface area contributed by atoms with Crippen molar-refractivity contribution in [2.45, 2.75) is 109 Å². The molecule has 0 heterocycles. The predicted octanol–water partition coefficient (Wildman–Crippen LogP) is 9.09. The van der Waals surface area contributed by atoms with Gasteiger partial charge in [-0.2, -0.15) is 17.6 Å². The van der Waals surface area contributed by atoms with E-state index in [0.717, 1.165) is 36.2 Å². The van der Waals surface area contributed by atoms with Crippen molar-refractivity contribution in [1.29, 1.82) is 0 Å². The van der Waals surface area contributed by atoms with Crippen molar-refractivity contribution < 1.29 is 17.6 Å². The molecule has 0 N–H and O–H groups in total. The van der Waals surface area contributed by atoms with E-state index >= 15 is 0 Å². The highest BCUT2D eigenvalue weighted by molar-refractivity contribution is 5.29. The van der Waals surface area contributed by atoms with Gasteiger partial charge >= 0.3 is 11.8 Å². The van der Waals surface area contributed by atoms with Crippen LogP contribution in [0, 0.1) is 17.8 Å². The number of benzene rings is 1. The summed E-state index contributed by atoms with van der Waals surface area (Å²) in [4.78, 5) is 0. The fourth-order valence-electron chi connectivity index (χ4n) is 5.77. The van der Waals surface area contributed by atoms with Gasteiger partial charge in [0.05, 0.1) is 0 Å². The highest BCUT2D eigenvalue weighted by Gasteiger charge is 2.53. The summed E-state index contributed by atoms with van der Waals surface area (Å²) in [6, 6.07) is 5.67. The van der Waals surface area contributed by atoms with Crippen molar-refractivity contribution in [2.24, 2.45) is 17.8 Å². The zero-order valence-electron chi connectivity index (χ0n) is 18.6. The first-order chi connectivity index (χ1) is 14.2. The molecule has 0 spiro atoms. The van der Waals surface area contributed by atoms with Gasteiger partial charge in [0.2, 0.25) is 0 Å². The van der Waals surface area contributed by atoms with Crippen LogP contribution in [0.25, 0.3) is 0 Å². The van der Waals surface area contributed by atoms with Crippen LogP contribution in [0.1, 0.15) is 108 Å². The highest BCUT2D eigenvalue weighted by atomic mass is 19.3. The van der Waals surface area contributed by atoms with E-state index in [2.05, 4.69) is 6.92 Å². The maximum Gasteiger partial charge on any atom is 0.335 e. The summed E-state index contributed by atoms with van der Waals surface area (Å²) in [6.45, 7) is 2.54. The van der Waals surface area contributed by atoms with Gasteiger partial charge in [-0.25, -0.2) is 0 Å². The van der Waals surface area contributed by atoms with Gasteiger partial charge in [-0.15, -0.1) is 0 Å². The second kappa shape index (κ2) is 10.0. The van der Waals surface area contributed by atoms with Crippen molar-refractivity contribution in [3.63, 3.8) is 0 Å².